The number of aryl methyl sites for hydroxylation is 2. The topological polar surface area (TPSA) is 78.4 Å². The number of aliphatic carboxylic acids is 1. The van der Waals surface area contributed by atoms with Crippen LogP contribution in [-0.4, -0.2) is 23.1 Å². The van der Waals surface area contributed by atoms with Gasteiger partial charge in [-0.3, -0.25) is 4.79 Å². The molecule has 1 aliphatic carbocycles. The van der Waals surface area contributed by atoms with Crippen LogP contribution < -0.4 is 10.6 Å². The van der Waals surface area contributed by atoms with E-state index in [2.05, 4.69) is 10.6 Å². The van der Waals surface area contributed by atoms with E-state index < -0.39 is 5.97 Å². The number of hydrogen-bond acceptors (Lipinski definition) is 2. The van der Waals surface area contributed by atoms with Crippen LogP contribution in [0, 0.1) is 19.8 Å². The summed E-state index contributed by atoms with van der Waals surface area (Å²) >= 11 is 0. The number of rotatable bonds is 5. The van der Waals surface area contributed by atoms with Gasteiger partial charge < -0.3 is 15.7 Å². The van der Waals surface area contributed by atoms with Crippen LogP contribution >= 0.6 is 0 Å². The molecule has 0 aliphatic heterocycles. The monoisotopic (exact) mass is 276 g/mol. The summed E-state index contributed by atoms with van der Waals surface area (Å²) in [5.41, 5.74) is 2.87. The second-order valence-electron chi connectivity index (χ2n) is 5.52. The first-order valence-corrected chi connectivity index (χ1v) is 6.81. The van der Waals surface area contributed by atoms with E-state index in [-0.39, 0.29) is 18.5 Å². The number of carbonyl (C=O) groups excluding carboxylic acids is 1. The highest BCUT2D eigenvalue weighted by molar-refractivity contribution is 5.90. The molecule has 2 amide bonds. The first kappa shape index (κ1) is 14.4. The molecule has 2 rings (SSSR count). The minimum Gasteiger partial charge on any atom is -0.481 e. The van der Waals surface area contributed by atoms with Gasteiger partial charge in [-0.1, -0.05) is 6.07 Å². The molecule has 5 nitrogen and oxygen atoms in total. The fraction of sp³-hybridized carbons (Fsp3) is 0.467. The zero-order valence-electron chi connectivity index (χ0n) is 11.8. The van der Waals surface area contributed by atoms with Crippen LogP contribution in [0.2, 0.25) is 0 Å². The van der Waals surface area contributed by atoms with Crippen molar-refractivity contribution in [2.24, 2.45) is 5.92 Å². The van der Waals surface area contributed by atoms with Crippen molar-refractivity contribution in [1.82, 2.24) is 5.32 Å². The third kappa shape index (κ3) is 4.26. The minimum atomic E-state index is -0.881. The van der Waals surface area contributed by atoms with E-state index in [1.165, 1.54) is 0 Å². The molecule has 0 aromatic heterocycles. The number of carbonyl (C=O) groups is 2. The Hall–Kier alpha value is -2.04. The highest BCUT2D eigenvalue weighted by Crippen LogP contribution is 2.34. The van der Waals surface area contributed by atoms with E-state index in [0.717, 1.165) is 29.7 Å². The maximum absolute atomic E-state index is 11.9. The van der Waals surface area contributed by atoms with Gasteiger partial charge in [0.25, 0.3) is 0 Å². The molecule has 1 aromatic rings. The second-order valence-corrected chi connectivity index (χ2v) is 5.52. The number of anilines is 1. The van der Waals surface area contributed by atoms with Gasteiger partial charge >= 0.3 is 12.0 Å². The maximum Gasteiger partial charge on any atom is 0.319 e. The van der Waals surface area contributed by atoms with Gasteiger partial charge in [0.05, 0.1) is 6.42 Å². The van der Waals surface area contributed by atoms with Crippen molar-refractivity contribution in [2.75, 3.05) is 5.32 Å². The van der Waals surface area contributed by atoms with Crippen LogP contribution in [-0.2, 0) is 4.79 Å². The maximum atomic E-state index is 11.9. The summed E-state index contributed by atoms with van der Waals surface area (Å²) in [6.45, 7) is 3.93. The number of carboxylic acid groups (broad SMARTS) is 1. The Morgan fingerprint density at radius 1 is 1.25 bits per heavy atom. The van der Waals surface area contributed by atoms with Crippen molar-refractivity contribution in [2.45, 2.75) is 39.2 Å². The Bertz CT molecular complexity index is 504. The first-order valence-electron chi connectivity index (χ1n) is 6.81. The lowest BCUT2D eigenvalue weighted by Crippen LogP contribution is -2.40. The molecule has 1 aromatic carbocycles. The molecule has 1 unspecified atom stereocenters. The van der Waals surface area contributed by atoms with E-state index in [0.29, 0.717) is 5.92 Å². The highest BCUT2D eigenvalue weighted by Gasteiger charge is 2.33. The molecule has 0 spiro atoms. The zero-order chi connectivity index (χ0) is 14.7. The average molecular weight is 276 g/mol. The summed E-state index contributed by atoms with van der Waals surface area (Å²) in [6.07, 6.45) is 1.95. The molecule has 0 radical (unpaired) electrons. The summed E-state index contributed by atoms with van der Waals surface area (Å²) in [6, 6.07) is 5.18. The van der Waals surface area contributed by atoms with Crippen molar-refractivity contribution in [3.63, 3.8) is 0 Å². The third-order valence-electron chi connectivity index (χ3n) is 3.38. The molecular formula is C15H20N2O3. The first-order chi connectivity index (χ1) is 9.44. The average Bonchev–Trinajstić information content (AvgIpc) is 3.08. The fourth-order valence-corrected chi connectivity index (χ4v) is 2.40. The van der Waals surface area contributed by atoms with Gasteiger partial charge in [0.15, 0.2) is 0 Å². The molecule has 3 N–H and O–H groups in total. The summed E-state index contributed by atoms with van der Waals surface area (Å²) < 4.78 is 0. The predicted octanol–water partition coefficient (Wildman–Crippen LogP) is 2.68. The van der Waals surface area contributed by atoms with Gasteiger partial charge in [0.1, 0.15) is 0 Å². The Labute approximate surface area is 118 Å². The van der Waals surface area contributed by atoms with Crippen molar-refractivity contribution >= 4 is 17.7 Å². The third-order valence-corrected chi connectivity index (χ3v) is 3.38. The van der Waals surface area contributed by atoms with Gasteiger partial charge in [0.2, 0.25) is 0 Å². The van der Waals surface area contributed by atoms with E-state index >= 15 is 0 Å². The lowest BCUT2D eigenvalue weighted by molar-refractivity contribution is -0.137. The van der Waals surface area contributed by atoms with E-state index in [1.54, 1.807) is 0 Å². The Kier molecular flexibility index (Phi) is 4.27. The Morgan fingerprint density at radius 3 is 2.35 bits per heavy atom. The molecular weight excluding hydrogens is 256 g/mol. The quantitative estimate of drug-likeness (QED) is 0.773. The predicted molar refractivity (Wildman–Crippen MR) is 76.8 cm³/mol. The molecule has 20 heavy (non-hydrogen) atoms. The van der Waals surface area contributed by atoms with Gasteiger partial charge in [0, 0.05) is 11.7 Å². The summed E-state index contributed by atoms with van der Waals surface area (Å²) in [7, 11) is 0. The molecule has 0 heterocycles. The number of urea groups is 1. The number of hydrogen-bond donors (Lipinski definition) is 3. The van der Waals surface area contributed by atoms with E-state index in [9.17, 15) is 9.59 Å². The van der Waals surface area contributed by atoms with E-state index in [4.69, 9.17) is 5.11 Å². The molecule has 1 aliphatic rings. The number of benzene rings is 1. The second kappa shape index (κ2) is 5.94. The van der Waals surface area contributed by atoms with Gasteiger partial charge in [-0.15, -0.1) is 0 Å². The summed E-state index contributed by atoms with van der Waals surface area (Å²) in [5.74, 6) is -0.579. The van der Waals surface area contributed by atoms with E-state index in [1.807, 2.05) is 32.0 Å². The van der Waals surface area contributed by atoms with Crippen molar-refractivity contribution < 1.29 is 14.7 Å². The standard InChI is InChI=1S/C15H20N2O3/c1-9-5-10(2)7-12(6-9)16-15(20)17-13(8-14(18)19)11-3-4-11/h5-7,11,13H,3-4,8H2,1-2H3,(H,18,19)(H2,16,17,20). The minimum absolute atomic E-state index is 0.0229. The Morgan fingerprint density at radius 2 is 1.85 bits per heavy atom. The van der Waals surface area contributed by atoms with Crippen molar-refractivity contribution in [3.8, 4) is 0 Å². The SMILES string of the molecule is Cc1cc(C)cc(NC(=O)NC(CC(=O)O)C2CC2)c1. The van der Waals surface area contributed by atoms with Gasteiger partial charge in [-0.05, 0) is 55.9 Å². The Balaban J connectivity index is 1.95. The molecule has 0 saturated heterocycles. The summed E-state index contributed by atoms with van der Waals surface area (Å²) in [5, 5.41) is 14.4. The molecule has 1 saturated carbocycles. The number of amides is 2. The van der Waals surface area contributed by atoms with Crippen LogP contribution in [0.3, 0.4) is 0 Å². The zero-order valence-corrected chi connectivity index (χ0v) is 11.8. The highest BCUT2D eigenvalue weighted by atomic mass is 16.4. The lowest BCUT2D eigenvalue weighted by atomic mass is 10.1. The fourth-order valence-electron chi connectivity index (χ4n) is 2.40. The largest absolute Gasteiger partial charge is 0.481 e. The van der Waals surface area contributed by atoms with Crippen LogP contribution in [0.15, 0.2) is 18.2 Å². The molecule has 0 bridgehead atoms. The van der Waals surface area contributed by atoms with Gasteiger partial charge in [-0.2, -0.15) is 0 Å². The van der Waals surface area contributed by atoms with Crippen LogP contribution in [0.1, 0.15) is 30.4 Å². The number of carboxylic acids is 1. The summed E-state index contributed by atoms with van der Waals surface area (Å²) in [4.78, 5) is 22.7. The van der Waals surface area contributed by atoms with Crippen molar-refractivity contribution in [1.29, 1.82) is 0 Å². The smallest absolute Gasteiger partial charge is 0.319 e. The van der Waals surface area contributed by atoms with Crippen LogP contribution in [0.25, 0.3) is 0 Å². The molecule has 1 atom stereocenters. The van der Waals surface area contributed by atoms with Crippen molar-refractivity contribution in [3.05, 3.63) is 29.3 Å². The van der Waals surface area contributed by atoms with Gasteiger partial charge in [-0.25, -0.2) is 4.79 Å². The number of nitrogens with one attached hydrogen (secondary N) is 2. The lowest BCUT2D eigenvalue weighted by Gasteiger charge is -2.17. The normalized spacial score (nSPS) is 15.5. The molecule has 1 fully saturated rings. The molecule has 5 heteroatoms. The molecule has 108 valence electrons. The van der Waals surface area contributed by atoms with Crippen LogP contribution in [0.4, 0.5) is 10.5 Å². The van der Waals surface area contributed by atoms with Crippen LogP contribution in [0.5, 0.6) is 0 Å².